The van der Waals surface area contributed by atoms with Crippen molar-refractivity contribution < 1.29 is 9.90 Å². The third-order valence-electron chi connectivity index (χ3n) is 2.76. The van der Waals surface area contributed by atoms with Crippen LogP contribution in [-0.2, 0) is 4.79 Å². The van der Waals surface area contributed by atoms with Crippen LogP contribution in [0.25, 0.3) is 0 Å². The molecule has 0 radical (unpaired) electrons. The average molecular weight is 157 g/mol. The van der Waals surface area contributed by atoms with E-state index in [0.29, 0.717) is 6.42 Å². The van der Waals surface area contributed by atoms with Crippen molar-refractivity contribution in [3.63, 3.8) is 0 Å². The van der Waals surface area contributed by atoms with Gasteiger partial charge < -0.3 is 10.8 Å². The standard InChI is InChI=1S/C8H15NO2/c1-2-6-4-3-5-8(6,9)7(10)11/h6H,2-5,9H2,1H3,(H,10,11). The first kappa shape index (κ1) is 8.53. The van der Waals surface area contributed by atoms with Crippen molar-refractivity contribution in [2.75, 3.05) is 0 Å². The minimum Gasteiger partial charge on any atom is -0.480 e. The van der Waals surface area contributed by atoms with E-state index in [1.807, 2.05) is 6.92 Å². The summed E-state index contributed by atoms with van der Waals surface area (Å²) in [7, 11) is 0. The van der Waals surface area contributed by atoms with Crippen molar-refractivity contribution in [3.8, 4) is 0 Å². The number of carboxylic acid groups (broad SMARTS) is 1. The molecule has 0 aromatic heterocycles. The van der Waals surface area contributed by atoms with Gasteiger partial charge in [0.1, 0.15) is 5.54 Å². The zero-order valence-electron chi connectivity index (χ0n) is 6.84. The lowest BCUT2D eigenvalue weighted by Gasteiger charge is -2.25. The molecule has 3 N–H and O–H groups in total. The number of nitrogens with two attached hydrogens (primary N) is 1. The van der Waals surface area contributed by atoms with Crippen molar-refractivity contribution >= 4 is 5.97 Å². The number of rotatable bonds is 2. The molecule has 1 fully saturated rings. The molecule has 2 atom stereocenters. The summed E-state index contributed by atoms with van der Waals surface area (Å²) >= 11 is 0. The summed E-state index contributed by atoms with van der Waals surface area (Å²) in [5.41, 5.74) is 4.84. The van der Waals surface area contributed by atoms with E-state index in [1.54, 1.807) is 0 Å². The van der Waals surface area contributed by atoms with Gasteiger partial charge in [0.15, 0.2) is 0 Å². The summed E-state index contributed by atoms with van der Waals surface area (Å²) in [6, 6.07) is 0. The minimum atomic E-state index is -0.922. The average Bonchev–Trinajstić information content (AvgIpc) is 2.32. The van der Waals surface area contributed by atoms with Gasteiger partial charge in [-0.15, -0.1) is 0 Å². The Morgan fingerprint density at radius 3 is 2.82 bits per heavy atom. The lowest BCUT2D eigenvalue weighted by molar-refractivity contribution is -0.144. The van der Waals surface area contributed by atoms with Gasteiger partial charge in [0.05, 0.1) is 0 Å². The smallest absolute Gasteiger partial charge is 0.323 e. The van der Waals surface area contributed by atoms with Crippen molar-refractivity contribution in [1.82, 2.24) is 0 Å². The summed E-state index contributed by atoms with van der Waals surface area (Å²) in [5.74, 6) is -0.651. The van der Waals surface area contributed by atoms with Gasteiger partial charge in [0, 0.05) is 0 Å². The summed E-state index contributed by atoms with van der Waals surface area (Å²) in [6.07, 6.45) is 3.45. The Hall–Kier alpha value is -0.570. The molecule has 0 aliphatic heterocycles. The fraction of sp³-hybridized carbons (Fsp3) is 0.875. The van der Waals surface area contributed by atoms with Crippen LogP contribution in [0.3, 0.4) is 0 Å². The van der Waals surface area contributed by atoms with Gasteiger partial charge >= 0.3 is 5.97 Å². The van der Waals surface area contributed by atoms with Gasteiger partial charge in [0.2, 0.25) is 0 Å². The molecule has 1 aliphatic carbocycles. The molecule has 0 heterocycles. The predicted molar refractivity (Wildman–Crippen MR) is 42.2 cm³/mol. The van der Waals surface area contributed by atoms with E-state index in [-0.39, 0.29) is 5.92 Å². The molecule has 1 aliphatic rings. The molecular formula is C8H15NO2. The fourth-order valence-corrected chi connectivity index (χ4v) is 1.95. The van der Waals surface area contributed by atoms with Crippen molar-refractivity contribution in [2.45, 2.75) is 38.1 Å². The maximum absolute atomic E-state index is 10.8. The Labute approximate surface area is 66.6 Å². The molecule has 64 valence electrons. The second-order valence-corrected chi connectivity index (χ2v) is 3.34. The summed E-state index contributed by atoms with van der Waals surface area (Å²) in [4.78, 5) is 10.8. The minimum absolute atomic E-state index is 0.181. The van der Waals surface area contributed by atoms with Crippen LogP contribution in [0.5, 0.6) is 0 Å². The zero-order chi connectivity index (χ0) is 8.48. The van der Waals surface area contributed by atoms with Crippen LogP contribution in [0, 0.1) is 5.92 Å². The number of hydrogen-bond donors (Lipinski definition) is 2. The molecule has 2 unspecified atom stereocenters. The lowest BCUT2D eigenvalue weighted by atomic mass is 9.86. The summed E-state index contributed by atoms with van der Waals surface area (Å²) < 4.78 is 0. The molecule has 1 rings (SSSR count). The maximum Gasteiger partial charge on any atom is 0.323 e. The zero-order valence-corrected chi connectivity index (χ0v) is 6.84. The highest BCUT2D eigenvalue weighted by Gasteiger charge is 2.44. The Morgan fingerprint density at radius 1 is 1.82 bits per heavy atom. The predicted octanol–water partition coefficient (Wildman–Crippen LogP) is 0.979. The Kier molecular flexibility index (Phi) is 2.18. The summed E-state index contributed by atoms with van der Waals surface area (Å²) in [5, 5.41) is 8.85. The highest BCUT2D eigenvalue weighted by atomic mass is 16.4. The molecule has 0 aromatic carbocycles. The molecule has 0 saturated heterocycles. The maximum atomic E-state index is 10.8. The first-order chi connectivity index (χ1) is 5.11. The molecule has 0 aromatic rings. The van der Waals surface area contributed by atoms with Gasteiger partial charge in [-0.05, 0) is 18.8 Å². The number of carboxylic acids is 1. The van der Waals surface area contributed by atoms with E-state index < -0.39 is 11.5 Å². The molecule has 0 amide bonds. The summed E-state index contributed by atoms with van der Waals surface area (Å²) in [6.45, 7) is 2.00. The van der Waals surface area contributed by atoms with Gasteiger partial charge in [-0.2, -0.15) is 0 Å². The first-order valence-electron chi connectivity index (χ1n) is 4.13. The van der Waals surface area contributed by atoms with Gasteiger partial charge in [-0.3, -0.25) is 4.79 Å². The number of aliphatic carboxylic acids is 1. The van der Waals surface area contributed by atoms with Crippen LogP contribution in [0.2, 0.25) is 0 Å². The monoisotopic (exact) mass is 157 g/mol. The van der Waals surface area contributed by atoms with E-state index in [9.17, 15) is 4.79 Å². The topological polar surface area (TPSA) is 63.3 Å². The Morgan fingerprint density at radius 2 is 2.45 bits per heavy atom. The fourth-order valence-electron chi connectivity index (χ4n) is 1.95. The second kappa shape index (κ2) is 2.81. The van der Waals surface area contributed by atoms with E-state index >= 15 is 0 Å². The second-order valence-electron chi connectivity index (χ2n) is 3.34. The Balaban J connectivity index is 2.75. The van der Waals surface area contributed by atoms with Gasteiger partial charge in [-0.25, -0.2) is 0 Å². The van der Waals surface area contributed by atoms with Crippen LogP contribution in [0.4, 0.5) is 0 Å². The van der Waals surface area contributed by atoms with Gasteiger partial charge in [0.25, 0.3) is 0 Å². The quantitative estimate of drug-likeness (QED) is 0.628. The van der Waals surface area contributed by atoms with E-state index in [0.717, 1.165) is 19.3 Å². The Bertz CT molecular complexity index is 169. The van der Waals surface area contributed by atoms with E-state index in [4.69, 9.17) is 10.8 Å². The number of hydrogen-bond acceptors (Lipinski definition) is 2. The first-order valence-corrected chi connectivity index (χ1v) is 4.13. The SMILES string of the molecule is CCC1CCCC1(N)C(=O)O. The van der Waals surface area contributed by atoms with Gasteiger partial charge in [-0.1, -0.05) is 19.8 Å². The molecular weight excluding hydrogens is 142 g/mol. The molecule has 0 bridgehead atoms. The molecule has 1 saturated carbocycles. The third kappa shape index (κ3) is 1.25. The van der Waals surface area contributed by atoms with Crippen LogP contribution in [0.1, 0.15) is 32.6 Å². The van der Waals surface area contributed by atoms with Crippen LogP contribution < -0.4 is 5.73 Å². The lowest BCUT2D eigenvalue weighted by Crippen LogP contribution is -2.50. The highest BCUT2D eigenvalue weighted by molar-refractivity contribution is 5.79. The third-order valence-corrected chi connectivity index (χ3v) is 2.76. The number of carbonyl (C=O) groups is 1. The van der Waals surface area contributed by atoms with E-state index in [2.05, 4.69) is 0 Å². The molecule has 3 nitrogen and oxygen atoms in total. The molecule has 0 spiro atoms. The van der Waals surface area contributed by atoms with Crippen LogP contribution in [-0.4, -0.2) is 16.6 Å². The van der Waals surface area contributed by atoms with Crippen LogP contribution in [0.15, 0.2) is 0 Å². The largest absolute Gasteiger partial charge is 0.480 e. The normalized spacial score (nSPS) is 37.5. The van der Waals surface area contributed by atoms with Crippen LogP contribution >= 0.6 is 0 Å². The van der Waals surface area contributed by atoms with Crippen molar-refractivity contribution in [1.29, 1.82) is 0 Å². The molecule has 3 heteroatoms. The molecule has 11 heavy (non-hydrogen) atoms. The van der Waals surface area contributed by atoms with Crippen molar-refractivity contribution in [2.24, 2.45) is 11.7 Å². The highest BCUT2D eigenvalue weighted by Crippen LogP contribution is 2.35. The van der Waals surface area contributed by atoms with E-state index in [1.165, 1.54) is 0 Å². The van der Waals surface area contributed by atoms with Crippen molar-refractivity contribution in [3.05, 3.63) is 0 Å².